The summed E-state index contributed by atoms with van der Waals surface area (Å²) in [6, 6.07) is 0.726. The van der Waals surface area contributed by atoms with Crippen LogP contribution in [0.4, 0.5) is 0 Å². The van der Waals surface area contributed by atoms with E-state index in [1.165, 1.54) is 11.3 Å². The van der Waals surface area contributed by atoms with Crippen molar-refractivity contribution in [3.63, 3.8) is 0 Å². The molecule has 1 unspecified atom stereocenters. The smallest absolute Gasteiger partial charge is 0.213 e. The van der Waals surface area contributed by atoms with Crippen molar-refractivity contribution < 1.29 is 4.42 Å². The van der Waals surface area contributed by atoms with Crippen molar-refractivity contribution in [2.24, 2.45) is 4.99 Å². The topological polar surface area (TPSA) is 80.3 Å². The number of fused-ring (bicyclic) bond motifs is 1. The molecule has 0 amide bonds. The molecule has 0 aliphatic heterocycles. The van der Waals surface area contributed by atoms with Gasteiger partial charge >= 0.3 is 0 Å². The highest BCUT2D eigenvalue weighted by Crippen LogP contribution is 2.23. The molecule has 2 heterocycles. The van der Waals surface area contributed by atoms with Crippen LogP contribution >= 0.6 is 0 Å². The summed E-state index contributed by atoms with van der Waals surface area (Å²) in [5, 5.41) is 11.6. The van der Waals surface area contributed by atoms with E-state index in [0.717, 1.165) is 31.0 Å². The third-order valence-corrected chi connectivity index (χ3v) is 4.89. The molecule has 27 heavy (non-hydrogen) atoms. The number of hydrogen-bond acceptors (Lipinski definition) is 4. The highest BCUT2D eigenvalue weighted by atomic mass is 16.4. The molecule has 0 aromatic carbocycles. The molecule has 0 spiro atoms. The van der Waals surface area contributed by atoms with Crippen molar-refractivity contribution >= 4 is 5.96 Å². The molecule has 0 fully saturated rings. The molecule has 0 saturated carbocycles. The van der Waals surface area contributed by atoms with Crippen molar-refractivity contribution in [2.45, 2.75) is 77.9 Å². The number of guanidine groups is 1. The van der Waals surface area contributed by atoms with Gasteiger partial charge in [-0.1, -0.05) is 20.8 Å². The Hall–Kier alpha value is -2.31. The summed E-state index contributed by atoms with van der Waals surface area (Å²) >= 11 is 0. The maximum Gasteiger partial charge on any atom is 0.213 e. The molecule has 2 aromatic heterocycles. The number of aromatic nitrogens is 3. The fourth-order valence-electron chi connectivity index (χ4n) is 3.19. The number of aryl methyl sites for hydroxylation is 1. The molecule has 0 radical (unpaired) electrons. The molecule has 1 aliphatic carbocycles. The van der Waals surface area contributed by atoms with Crippen LogP contribution < -0.4 is 10.6 Å². The highest BCUT2D eigenvalue weighted by Gasteiger charge is 2.23. The van der Waals surface area contributed by atoms with Crippen molar-refractivity contribution in [3.05, 3.63) is 35.3 Å². The molecule has 2 N–H and O–H groups in total. The molecule has 1 aliphatic rings. The fourth-order valence-corrected chi connectivity index (χ4v) is 3.19. The third kappa shape index (κ3) is 4.70. The lowest BCUT2D eigenvalue weighted by Crippen LogP contribution is -2.45. The molecular formula is C20H32N6O. The number of nitrogens with one attached hydrogen (secondary N) is 2. The fraction of sp³-hybridized carbons (Fsp3) is 0.650. The number of aliphatic imine (C=N–C) groups is 1. The van der Waals surface area contributed by atoms with E-state index in [-0.39, 0.29) is 5.41 Å². The van der Waals surface area contributed by atoms with Crippen molar-refractivity contribution in [2.75, 3.05) is 7.05 Å². The normalized spacial score (nSPS) is 17.9. The first-order valence-corrected chi connectivity index (χ1v) is 9.75. The Kier molecular flexibility index (Phi) is 5.58. The molecule has 7 nitrogen and oxygen atoms in total. The lowest BCUT2D eigenvalue weighted by atomic mass is 9.94. The maximum atomic E-state index is 5.84. The number of hydrogen-bond donors (Lipinski definition) is 2. The van der Waals surface area contributed by atoms with Gasteiger partial charge in [-0.05, 0) is 32.3 Å². The lowest BCUT2D eigenvalue weighted by Gasteiger charge is -2.24. The molecule has 7 heteroatoms. The van der Waals surface area contributed by atoms with Gasteiger partial charge in [0.25, 0.3) is 0 Å². The van der Waals surface area contributed by atoms with Crippen LogP contribution in [0.1, 0.15) is 70.0 Å². The Bertz CT molecular complexity index is 796. The molecule has 1 atom stereocenters. The highest BCUT2D eigenvalue weighted by molar-refractivity contribution is 5.79. The summed E-state index contributed by atoms with van der Waals surface area (Å²) in [4.78, 5) is 8.70. The van der Waals surface area contributed by atoms with E-state index in [0.29, 0.717) is 24.5 Å². The Morgan fingerprint density at radius 2 is 2.19 bits per heavy atom. The third-order valence-electron chi connectivity index (χ3n) is 4.89. The summed E-state index contributed by atoms with van der Waals surface area (Å²) in [7, 11) is 1.78. The van der Waals surface area contributed by atoms with Gasteiger partial charge in [0.1, 0.15) is 5.76 Å². The predicted molar refractivity (Wildman–Crippen MR) is 107 cm³/mol. The second-order valence-corrected chi connectivity index (χ2v) is 8.55. The quantitative estimate of drug-likeness (QED) is 0.637. The Labute approximate surface area is 161 Å². The zero-order chi connectivity index (χ0) is 19.6. The van der Waals surface area contributed by atoms with E-state index in [4.69, 9.17) is 9.52 Å². The first-order valence-electron chi connectivity index (χ1n) is 9.75. The Morgan fingerprint density at radius 3 is 2.81 bits per heavy atom. The van der Waals surface area contributed by atoms with Crippen molar-refractivity contribution in [1.29, 1.82) is 0 Å². The lowest BCUT2D eigenvalue weighted by molar-refractivity contribution is 0.379. The first kappa shape index (κ1) is 19.5. The second kappa shape index (κ2) is 7.74. The van der Waals surface area contributed by atoms with E-state index in [1.54, 1.807) is 13.2 Å². The summed E-state index contributed by atoms with van der Waals surface area (Å²) in [5.41, 5.74) is 2.54. The predicted octanol–water partition coefficient (Wildman–Crippen LogP) is 2.97. The molecule has 2 aromatic rings. The zero-order valence-electron chi connectivity index (χ0n) is 17.3. The largest absolute Gasteiger partial charge is 0.443 e. The van der Waals surface area contributed by atoms with Gasteiger partial charge < -0.3 is 15.1 Å². The van der Waals surface area contributed by atoms with E-state index in [2.05, 4.69) is 66.1 Å². The second-order valence-electron chi connectivity index (χ2n) is 8.55. The molecular weight excluding hydrogens is 340 g/mol. The zero-order valence-corrected chi connectivity index (χ0v) is 17.3. The van der Waals surface area contributed by atoms with Gasteiger partial charge in [-0.2, -0.15) is 5.10 Å². The number of nitrogens with zero attached hydrogens (tertiary/aromatic N) is 4. The van der Waals surface area contributed by atoms with Crippen LogP contribution in [-0.2, 0) is 24.8 Å². The molecule has 148 valence electrons. The van der Waals surface area contributed by atoms with Crippen LogP contribution in [0.3, 0.4) is 0 Å². The van der Waals surface area contributed by atoms with Crippen LogP contribution in [-0.4, -0.2) is 33.8 Å². The average Bonchev–Trinajstić information content (AvgIpc) is 3.24. The monoisotopic (exact) mass is 372 g/mol. The minimum atomic E-state index is -0.0373. The molecule has 0 saturated heterocycles. The summed E-state index contributed by atoms with van der Waals surface area (Å²) in [6.07, 6.45) is 7.04. The SMILES string of the molecule is CN=C(NCc1ncc(C(C)(C)C)o1)NC1CCc2cn(C(C)C)nc2C1. The van der Waals surface area contributed by atoms with Crippen LogP contribution in [0.25, 0.3) is 0 Å². The van der Waals surface area contributed by atoms with Crippen LogP contribution in [0.5, 0.6) is 0 Å². The number of rotatable bonds is 4. The van der Waals surface area contributed by atoms with Gasteiger partial charge in [0.2, 0.25) is 5.89 Å². The van der Waals surface area contributed by atoms with Gasteiger partial charge in [0.15, 0.2) is 5.96 Å². The van der Waals surface area contributed by atoms with Gasteiger partial charge in [0.05, 0.1) is 18.4 Å². The molecule has 3 rings (SSSR count). The summed E-state index contributed by atoms with van der Waals surface area (Å²) in [5.74, 6) is 2.33. The van der Waals surface area contributed by atoms with Crippen LogP contribution in [0.15, 0.2) is 21.8 Å². The van der Waals surface area contributed by atoms with Crippen molar-refractivity contribution in [3.8, 4) is 0 Å². The van der Waals surface area contributed by atoms with Gasteiger partial charge in [0, 0.05) is 37.2 Å². The van der Waals surface area contributed by atoms with Gasteiger partial charge in [-0.15, -0.1) is 0 Å². The first-order chi connectivity index (χ1) is 12.8. The Balaban J connectivity index is 1.55. The minimum Gasteiger partial charge on any atom is -0.443 e. The van der Waals surface area contributed by atoms with Gasteiger partial charge in [-0.25, -0.2) is 4.98 Å². The summed E-state index contributed by atoms with van der Waals surface area (Å²) in [6.45, 7) is 11.2. The molecule has 0 bridgehead atoms. The summed E-state index contributed by atoms with van der Waals surface area (Å²) < 4.78 is 7.90. The minimum absolute atomic E-state index is 0.0373. The van der Waals surface area contributed by atoms with Crippen LogP contribution in [0.2, 0.25) is 0 Å². The Morgan fingerprint density at radius 1 is 1.41 bits per heavy atom. The van der Waals surface area contributed by atoms with Crippen molar-refractivity contribution in [1.82, 2.24) is 25.4 Å². The van der Waals surface area contributed by atoms with E-state index < -0.39 is 0 Å². The number of oxazole rings is 1. The maximum absolute atomic E-state index is 5.84. The average molecular weight is 373 g/mol. The van der Waals surface area contributed by atoms with E-state index in [1.807, 2.05) is 0 Å². The van der Waals surface area contributed by atoms with E-state index in [9.17, 15) is 0 Å². The standard InChI is InChI=1S/C20H32N6O/c1-13(2)26-12-14-7-8-15(9-16(14)25-26)24-19(21-6)23-11-18-22-10-17(27-18)20(3,4)5/h10,12-13,15H,7-9,11H2,1-6H3,(H2,21,23,24). The van der Waals surface area contributed by atoms with E-state index >= 15 is 0 Å². The van der Waals surface area contributed by atoms with Gasteiger partial charge in [-0.3, -0.25) is 9.67 Å². The van der Waals surface area contributed by atoms with Crippen LogP contribution in [0, 0.1) is 0 Å².